The van der Waals surface area contributed by atoms with Crippen LogP contribution in [0.3, 0.4) is 0 Å². The second kappa shape index (κ2) is 7.53. The number of alkyl halides is 3. The molecule has 0 aromatic heterocycles. The molecule has 5 nitrogen and oxygen atoms in total. The van der Waals surface area contributed by atoms with Crippen LogP contribution in [0.4, 0.5) is 24.5 Å². The first-order chi connectivity index (χ1) is 12.6. The molecule has 11 heteroatoms. The summed E-state index contributed by atoms with van der Waals surface area (Å²) in [5.41, 5.74) is 5.41. The van der Waals surface area contributed by atoms with Crippen LogP contribution in [0.25, 0.3) is 0 Å². The standard InChI is InChI=1S/C16H12Br2F3N3O2S/c17-9-2-3-10(18)11(6-9)23-15(22)14-7-24(25)12-5-8(16(19,20)21)1-4-13(12)27(14)26/h1-6,14,25H,7H2,(H2,22,23). The second-order valence-corrected chi connectivity index (χ2v) is 9.05. The average molecular weight is 527 g/mol. The first-order valence-electron chi connectivity index (χ1n) is 7.45. The van der Waals surface area contributed by atoms with Crippen molar-refractivity contribution in [2.24, 2.45) is 10.7 Å². The Hall–Kier alpha value is -1.43. The van der Waals surface area contributed by atoms with Gasteiger partial charge in [-0.15, -0.1) is 0 Å². The fourth-order valence-electron chi connectivity index (χ4n) is 2.53. The van der Waals surface area contributed by atoms with Crippen LogP contribution >= 0.6 is 31.9 Å². The van der Waals surface area contributed by atoms with Crippen LogP contribution in [0, 0.1) is 0 Å². The minimum atomic E-state index is -4.57. The minimum Gasteiger partial charge on any atom is -0.386 e. The van der Waals surface area contributed by atoms with E-state index in [0.29, 0.717) is 15.2 Å². The predicted molar refractivity (Wildman–Crippen MR) is 104 cm³/mol. The van der Waals surface area contributed by atoms with E-state index >= 15 is 0 Å². The molecule has 0 spiro atoms. The number of fused-ring (bicyclic) bond motifs is 1. The van der Waals surface area contributed by atoms with Gasteiger partial charge in [0.2, 0.25) is 0 Å². The first kappa shape index (κ1) is 20.3. The molecular formula is C16H12Br2F3N3O2S. The van der Waals surface area contributed by atoms with Crippen molar-refractivity contribution in [2.75, 3.05) is 11.6 Å². The normalized spacial score (nSPS) is 20.5. The van der Waals surface area contributed by atoms with Crippen molar-refractivity contribution in [3.05, 3.63) is 50.9 Å². The van der Waals surface area contributed by atoms with Crippen LogP contribution in [0.15, 0.2) is 55.2 Å². The highest BCUT2D eigenvalue weighted by Gasteiger charge is 2.37. The Morgan fingerprint density at radius 1 is 1.26 bits per heavy atom. The summed E-state index contributed by atoms with van der Waals surface area (Å²) in [7, 11) is -1.78. The van der Waals surface area contributed by atoms with Gasteiger partial charge in [0.1, 0.15) is 11.1 Å². The molecule has 0 fully saturated rings. The fraction of sp³-hybridized carbons (Fsp3) is 0.188. The molecule has 1 aliphatic rings. The van der Waals surface area contributed by atoms with Crippen LogP contribution in [0.5, 0.6) is 0 Å². The third kappa shape index (κ3) is 4.20. The quantitative estimate of drug-likeness (QED) is 0.442. The maximum atomic E-state index is 12.9. The number of hydrogen-bond donors (Lipinski definition) is 2. The number of amidine groups is 1. The SMILES string of the molecule is NC(=Nc1cc(Br)ccc1Br)C1CN(O)c2cc(C(F)(F)F)ccc2S1=O. The number of benzene rings is 2. The van der Waals surface area contributed by atoms with Gasteiger partial charge < -0.3 is 5.73 Å². The Balaban J connectivity index is 1.97. The molecule has 3 rings (SSSR count). The van der Waals surface area contributed by atoms with E-state index in [1.165, 1.54) is 0 Å². The number of nitrogens with zero attached hydrogens (tertiary/aromatic N) is 2. The number of hydrogen-bond acceptors (Lipinski definition) is 4. The molecule has 1 heterocycles. The molecule has 0 saturated heterocycles. The van der Waals surface area contributed by atoms with Crippen LogP contribution in [0.2, 0.25) is 0 Å². The van der Waals surface area contributed by atoms with Crippen molar-refractivity contribution in [1.82, 2.24) is 0 Å². The molecular weight excluding hydrogens is 515 g/mol. The zero-order valence-electron chi connectivity index (χ0n) is 13.4. The first-order valence-corrected chi connectivity index (χ1v) is 10.2. The molecule has 0 saturated carbocycles. The zero-order valence-corrected chi connectivity index (χ0v) is 17.4. The van der Waals surface area contributed by atoms with Crippen molar-refractivity contribution in [2.45, 2.75) is 16.3 Å². The van der Waals surface area contributed by atoms with E-state index in [2.05, 4.69) is 36.9 Å². The maximum Gasteiger partial charge on any atom is 0.416 e. The average Bonchev–Trinajstić information content (AvgIpc) is 2.60. The summed E-state index contributed by atoms with van der Waals surface area (Å²) in [4.78, 5) is 4.33. The minimum absolute atomic E-state index is 0.00303. The Morgan fingerprint density at radius 3 is 2.63 bits per heavy atom. The van der Waals surface area contributed by atoms with Crippen molar-refractivity contribution in [1.29, 1.82) is 0 Å². The van der Waals surface area contributed by atoms with Crippen LogP contribution < -0.4 is 10.8 Å². The van der Waals surface area contributed by atoms with Crippen LogP contribution in [0.1, 0.15) is 5.56 Å². The Morgan fingerprint density at radius 2 is 1.96 bits per heavy atom. The van der Waals surface area contributed by atoms with E-state index in [1.54, 1.807) is 18.2 Å². The molecule has 2 unspecified atom stereocenters. The van der Waals surface area contributed by atoms with Gasteiger partial charge in [-0.2, -0.15) is 13.2 Å². The second-order valence-electron chi connectivity index (χ2n) is 5.68. The molecule has 3 N–H and O–H groups in total. The highest BCUT2D eigenvalue weighted by atomic mass is 79.9. The van der Waals surface area contributed by atoms with Crippen molar-refractivity contribution < 1.29 is 22.6 Å². The third-order valence-electron chi connectivity index (χ3n) is 3.87. The van der Waals surface area contributed by atoms with Crippen molar-refractivity contribution in [3.8, 4) is 0 Å². The molecule has 0 bridgehead atoms. The largest absolute Gasteiger partial charge is 0.416 e. The topological polar surface area (TPSA) is 78.9 Å². The summed E-state index contributed by atoms with van der Waals surface area (Å²) in [5.74, 6) is -0.00303. The van der Waals surface area contributed by atoms with E-state index in [9.17, 15) is 22.6 Å². The van der Waals surface area contributed by atoms with E-state index in [4.69, 9.17) is 5.73 Å². The number of hydroxylamine groups is 1. The highest BCUT2D eigenvalue weighted by Crippen LogP contribution is 2.37. The summed E-state index contributed by atoms with van der Waals surface area (Å²) in [5, 5.41) is 9.89. The van der Waals surface area contributed by atoms with E-state index in [0.717, 1.165) is 22.7 Å². The number of aliphatic imine (C=N–C) groups is 1. The molecule has 1 aliphatic heterocycles. The van der Waals surface area contributed by atoms with Gasteiger partial charge in [0.05, 0.1) is 39.2 Å². The van der Waals surface area contributed by atoms with Gasteiger partial charge in [-0.25, -0.2) is 4.99 Å². The molecule has 2 aromatic rings. The van der Waals surface area contributed by atoms with Gasteiger partial charge in [0, 0.05) is 8.95 Å². The van der Waals surface area contributed by atoms with Gasteiger partial charge in [0.15, 0.2) is 0 Å². The lowest BCUT2D eigenvalue weighted by atomic mass is 10.2. The predicted octanol–water partition coefficient (Wildman–Crippen LogP) is 4.60. The monoisotopic (exact) mass is 525 g/mol. The third-order valence-corrected chi connectivity index (χ3v) is 6.72. The molecule has 0 aliphatic carbocycles. The van der Waals surface area contributed by atoms with Gasteiger partial charge in [-0.05, 0) is 52.3 Å². The number of rotatable bonds is 2. The lowest BCUT2D eigenvalue weighted by molar-refractivity contribution is -0.137. The summed E-state index contributed by atoms with van der Waals surface area (Å²) in [6.45, 7) is -0.248. The molecule has 144 valence electrons. The molecule has 2 aromatic carbocycles. The lowest BCUT2D eigenvalue weighted by Crippen LogP contribution is -2.45. The van der Waals surface area contributed by atoms with E-state index < -0.39 is 27.8 Å². The van der Waals surface area contributed by atoms with E-state index in [1.807, 2.05) is 0 Å². The maximum absolute atomic E-state index is 12.9. The number of anilines is 1. The van der Waals surface area contributed by atoms with Crippen LogP contribution in [-0.4, -0.2) is 27.0 Å². The summed E-state index contributed by atoms with van der Waals surface area (Å²) in [6, 6.07) is 7.92. The molecule has 0 radical (unpaired) electrons. The smallest absolute Gasteiger partial charge is 0.386 e. The highest BCUT2D eigenvalue weighted by molar-refractivity contribution is 9.11. The zero-order chi connectivity index (χ0) is 19.9. The summed E-state index contributed by atoms with van der Waals surface area (Å²) >= 11 is 6.65. The fourth-order valence-corrected chi connectivity index (χ4v) is 4.64. The van der Waals surface area contributed by atoms with Crippen molar-refractivity contribution in [3.63, 3.8) is 0 Å². The molecule has 0 amide bonds. The summed E-state index contributed by atoms with van der Waals surface area (Å²) < 4.78 is 52.9. The Bertz CT molecular complexity index is 953. The van der Waals surface area contributed by atoms with E-state index in [-0.39, 0.29) is 23.0 Å². The Labute approximate surface area is 171 Å². The lowest BCUT2D eigenvalue weighted by Gasteiger charge is -2.31. The summed E-state index contributed by atoms with van der Waals surface area (Å²) in [6.07, 6.45) is -4.57. The van der Waals surface area contributed by atoms with Gasteiger partial charge in [-0.1, -0.05) is 15.9 Å². The van der Waals surface area contributed by atoms with Gasteiger partial charge in [-0.3, -0.25) is 14.5 Å². The Kier molecular flexibility index (Phi) is 5.67. The number of nitrogens with two attached hydrogens (primary N) is 1. The van der Waals surface area contributed by atoms with Crippen LogP contribution in [-0.2, 0) is 17.0 Å². The molecule has 27 heavy (non-hydrogen) atoms. The van der Waals surface area contributed by atoms with Gasteiger partial charge >= 0.3 is 6.18 Å². The van der Waals surface area contributed by atoms with Gasteiger partial charge in [0.25, 0.3) is 0 Å². The van der Waals surface area contributed by atoms with Crippen molar-refractivity contribution >= 4 is 59.9 Å². The number of halogens is 5. The molecule has 2 atom stereocenters.